The third kappa shape index (κ3) is 4.68. The molecule has 0 aliphatic heterocycles. The van der Waals surface area contributed by atoms with Crippen LogP contribution in [0.5, 0.6) is 5.75 Å². The van der Waals surface area contributed by atoms with Gasteiger partial charge in [0.25, 0.3) is 6.17 Å². The fraction of sp³-hybridized carbons (Fsp3) is 0.333. The molecule has 2 rings (SSSR count). The fourth-order valence-corrected chi connectivity index (χ4v) is 2.34. The molecule has 0 aliphatic rings. The SMILES string of the molecule is CCCc1ccc(-c2ccc(OC(F)(F)C(F)C(F)(F)F)cc2)c(F)c1. The second-order valence-corrected chi connectivity index (χ2v) is 5.66. The summed E-state index contributed by atoms with van der Waals surface area (Å²) < 4.78 is 93.5. The monoisotopic (exact) mass is 380 g/mol. The van der Waals surface area contributed by atoms with Crippen molar-refractivity contribution in [3.05, 3.63) is 53.8 Å². The molecular weight excluding hydrogens is 365 g/mol. The number of halogens is 7. The Morgan fingerprint density at radius 3 is 2.08 bits per heavy atom. The Bertz CT molecular complexity index is 738. The van der Waals surface area contributed by atoms with Gasteiger partial charge in [-0.15, -0.1) is 0 Å². The van der Waals surface area contributed by atoms with Crippen LogP contribution in [0.2, 0.25) is 0 Å². The van der Waals surface area contributed by atoms with E-state index in [-0.39, 0.29) is 5.56 Å². The molecule has 0 aliphatic carbocycles. The fourth-order valence-electron chi connectivity index (χ4n) is 2.34. The highest BCUT2D eigenvalue weighted by atomic mass is 19.4. The molecule has 0 radical (unpaired) electrons. The standard InChI is InChI=1S/C18H15F7O/c1-2-3-11-4-9-14(15(19)10-11)12-5-7-13(8-6-12)26-18(24,25)16(20)17(21,22)23/h4-10,16H,2-3H2,1H3. The van der Waals surface area contributed by atoms with Crippen LogP contribution >= 0.6 is 0 Å². The normalized spacial score (nSPS) is 13.5. The molecule has 2 aromatic carbocycles. The van der Waals surface area contributed by atoms with E-state index in [0.717, 1.165) is 24.1 Å². The van der Waals surface area contributed by atoms with Gasteiger partial charge < -0.3 is 4.74 Å². The minimum atomic E-state index is -5.76. The van der Waals surface area contributed by atoms with Crippen LogP contribution in [0.4, 0.5) is 30.7 Å². The Labute approximate surface area is 145 Å². The Morgan fingerprint density at radius 2 is 1.58 bits per heavy atom. The second-order valence-electron chi connectivity index (χ2n) is 5.66. The van der Waals surface area contributed by atoms with E-state index in [9.17, 15) is 30.7 Å². The highest BCUT2D eigenvalue weighted by Gasteiger charge is 2.59. The van der Waals surface area contributed by atoms with Crippen LogP contribution in [0.25, 0.3) is 11.1 Å². The van der Waals surface area contributed by atoms with Crippen LogP contribution in [-0.2, 0) is 6.42 Å². The van der Waals surface area contributed by atoms with Crippen LogP contribution in [-0.4, -0.2) is 18.5 Å². The molecule has 1 unspecified atom stereocenters. The molecule has 0 amide bonds. The lowest BCUT2D eigenvalue weighted by Crippen LogP contribution is -2.45. The summed E-state index contributed by atoms with van der Waals surface area (Å²) in [7, 11) is 0. The third-order valence-corrected chi connectivity index (χ3v) is 3.57. The summed E-state index contributed by atoms with van der Waals surface area (Å²) in [4.78, 5) is 0. The average molecular weight is 380 g/mol. The molecule has 0 spiro atoms. The zero-order valence-corrected chi connectivity index (χ0v) is 13.6. The van der Waals surface area contributed by atoms with E-state index in [4.69, 9.17) is 0 Å². The van der Waals surface area contributed by atoms with Crippen LogP contribution in [0.1, 0.15) is 18.9 Å². The first-order valence-corrected chi connectivity index (χ1v) is 7.71. The second kappa shape index (κ2) is 7.55. The van der Waals surface area contributed by atoms with Gasteiger partial charge >= 0.3 is 12.3 Å². The first-order valence-electron chi connectivity index (χ1n) is 7.71. The Kier molecular flexibility index (Phi) is 5.83. The number of hydrogen-bond donors (Lipinski definition) is 0. The molecule has 142 valence electrons. The van der Waals surface area contributed by atoms with Crippen molar-refractivity contribution in [2.24, 2.45) is 0 Å². The van der Waals surface area contributed by atoms with Crippen LogP contribution in [0, 0.1) is 5.82 Å². The summed E-state index contributed by atoms with van der Waals surface area (Å²) in [6.45, 7) is 1.95. The molecule has 0 aromatic heterocycles. The summed E-state index contributed by atoms with van der Waals surface area (Å²) in [5, 5.41) is 0. The van der Waals surface area contributed by atoms with Crippen molar-refractivity contribution >= 4 is 0 Å². The number of hydrogen-bond acceptors (Lipinski definition) is 1. The Balaban J connectivity index is 2.18. The van der Waals surface area contributed by atoms with Crippen molar-refractivity contribution in [2.75, 3.05) is 0 Å². The molecule has 0 saturated carbocycles. The lowest BCUT2D eigenvalue weighted by Gasteiger charge is -2.23. The lowest BCUT2D eigenvalue weighted by atomic mass is 10.0. The molecular formula is C18H15F7O. The van der Waals surface area contributed by atoms with E-state index >= 15 is 0 Å². The summed E-state index contributed by atoms with van der Waals surface area (Å²) in [5.74, 6) is -1.19. The summed E-state index contributed by atoms with van der Waals surface area (Å²) in [6, 6.07) is 8.84. The van der Waals surface area contributed by atoms with E-state index in [1.807, 2.05) is 6.92 Å². The molecule has 1 atom stereocenters. The van der Waals surface area contributed by atoms with Gasteiger partial charge in [0, 0.05) is 5.56 Å². The summed E-state index contributed by atoms with van der Waals surface area (Å²) >= 11 is 0. The van der Waals surface area contributed by atoms with E-state index in [1.165, 1.54) is 24.3 Å². The van der Waals surface area contributed by atoms with Crippen molar-refractivity contribution in [1.82, 2.24) is 0 Å². The zero-order chi connectivity index (χ0) is 19.5. The highest BCUT2D eigenvalue weighted by Crippen LogP contribution is 2.37. The third-order valence-electron chi connectivity index (χ3n) is 3.57. The minimum absolute atomic E-state index is 0.196. The van der Waals surface area contributed by atoms with Crippen molar-refractivity contribution in [2.45, 2.75) is 38.2 Å². The number of rotatable bonds is 6. The molecule has 2 aromatic rings. The van der Waals surface area contributed by atoms with Crippen LogP contribution in [0.15, 0.2) is 42.5 Å². The van der Waals surface area contributed by atoms with Gasteiger partial charge in [0.2, 0.25) is 0 Å². The maximum atomic E-state index is 14.1. The van der Waals surface area contributed by atoms with Gasteiger partial charge in [-0.05, 0) is 35.7 Å². The zero-order valence-electron chi connectivity index (χ0n) is 13.6. The predicted molar refractivity (Wildman–Crippen MR) is 82.4 cm³/mol. The number of benzene rings is 2. The summed E-state index contributed by atoms with van der Waals surface area (Å²) in [6.07, 6.45) is -13.8. The van der Waals surface area contributed by atoms with Gasteiger partial charge in [-0.3, -0.25) is 0 Å². The van der Waals surface area contributed by atoms with Gasteiger partial charge in [-0.25, -0.2) is 8.78 Å². The van der Waals surface area contributed by atoms with Crippen LogP contribution in [0.3, 0.4) is 0 Å². The molecule has 0 heterocycles. The van der Waals surface area contributed by atoms with Crippen LogP contribution < -0.4 is 4.74 Å². The molecule has 0 bridgehead atoms. The predicted octanol–water partition coefficient (Wildman–Crippen LogP) is 6.32. The van der Waals surface area contributed by atoms with Gasteiger partial charge in [-0.1, -0.05) is 37.6 Å². The maximum Gasteiger partial charge on any atom is 0.439 e. The summed E-state index contributed by atoms with van der Waals surface area (Å²) in [5.41, 5.74) is 1.31. The first-order chi connectivity index (χ1) is 12.0. The van der Waals surface area contributed by atoms with Crippen molar-refractivity contribution in [1.29, 1.82) is 0 Å². The molecule has 8 heteroatoms. The molecule has 0 saturated heterocycles. The molecule has 0 fully saturated rings. The van der Waals surface area contributed by atoms with E-state index in [2.05, 4.69) is 4.74 Å². The highest BCUT2D eigenvalue weighted by molar-refractivity contribution is 5.65. The van der Waals surface area contributed by atoms with Crippen molar-refractivity contribution in [3.8, 4) is 16.9 Å². The largest absolute Gasteiger partial charge is 0.439 e. The smallest absolute Gasteiger partial charge is 0.430 e. The quantitative estimate of drug-likeness (QED) is 0.533. The first kappa shape index (κ1) is 20.1. The average Bonchev–Trinajstić information content (AvgIpc) is 2.54. The van der Waals surface area contributed by atoms with Gasteiger partial charge in [-0.2, -0.15) is 22.0 Å². The Hall–Kier alpha value is -2.25. The number of alkyl halides is 6. The topological polar surface area (TPSA) is 9.23 Å². The van der Waals surface area contributed by atoms with E-state index in [0.29, 0.717) is 12.0 Å². The number of ether oxygens (including phenoxy) is 1. The van der Waals surface area contributed by atoms with Gasteiger partial charge in [0.1, 0.15) is 11.6 Å². The minimum Gasteiger partial charge on any atom is -0.430 e. The van der Waals surface area contributed by atoms with Crippen molar-refractivity contribution in [3.63, 3.8) is 0 Å². The Morgan fingerprint density at radius 1 is 0.962 bits per heavy atom. The molecule has 26 heavy (non-hydrogen) atoms. The van der Waals surface area contributed by atoms with E-state index < -0.39 is 30.0 Å². The van der Waals surface area contributed by atoms with Gasteiger partial charge in [0.15, 0.2) is 0 Å². The lowest BCUT2D eigenvalue weighted by molar-refractivity contribution is -0.304. The number of aryl methyl sites for hydroxylation is 1. The molecule has 1 nitrogen and oxygen atoms in total. The van der Waals surface area contributed by atoms with E-state index in [1.54, 1.807) is 6.07 Å². The molecule has 0 N–H and O–H groups in total. The van der Waals surface area contributed by atoms with Crippen molar-refractivity contribution < 1.29 is 35.5 Å². The van der Waals surface area contributed by atoms with Gasteiger partial charge in [0.05, 0.1) is 0 Å². The maximum absolute atomic E-state index is 14.1.